The van der Waals surface area contributed by atoms with Gasteiger partial charge in [0.05, 0.1) is 12.3 Å². The Labute approximate surface area is 190 Å². The van der Waals surface area contributed by atoms with E-state index in [1.54, 1.807) is 23.5 Å². The van der Waals surface area contributed by atoms with Crippen molar-refractivity contribution >= 4 is 39.7 Å². The summed E-state index contributed by atoms with van der Waals surface area (Å²) < 4.78 is 5.26. The molecule has 31 heavy (non-hydrogen) atoms. The molecule has 3 aromatic heterocycles. The quantitative estimate of drug-likeness (QED) is 0.327. The molecular formula is C24H22ClN3O2S. The molecule has 0 fully saturated rings. The summed E-state index contributed by atoms with van der Waals surface area (Å²) in [4.78, 5) is 18.4. The van der Waals surface area contributed by atoms with Gasteiger partial charge in [0.15, 0.2) is 5.76 Å². The lowest BCUT2D eigenvalue weighted by atomic mass is 9.99. The van der Waals surface area contributed by atoms with Crippen molar-refractivity contribution in [2.75, 3.05) is 10.6 Å². The summed E-state index contributed by atoms with van der Waals surface area (Å²) >= 11 is 8.14. The van der Waals surface area contributed by atoms with Gasteiger partial charge in [0.1, 0.15) is 10.8 Å². The minimum atomic E-state index is -0.300. The number of carbonyl (C=O) groups is 1. The maximum absolute atomic E-state index is 12.7. The van der Waals surface area contributed by atoms with Crippen LogP contribution in [0.2, 0.25) is 5.02 Å². The van der Waals surface area contributed by atoms with Crippen LogP contribution >= 0.6 is 22.9 Å². The number of aryl methyl sites for hydroxylation is 2. The van der Waals surface area contributed by atoms with Crippen molar-refractivity contribution in [1.82, 2.24) is 4.98 Å². The van der Waals surface area contributed by atoms with Crippen LogP contribution in [0.3, 0.4) is 0 Å². The highest BCUT2D eigenvalue weighted by Crippen LogP contribution is 2.40. The van der Waals surface area contributed by atoms with Gasteiger partial charge in [-0.1, -0.05) is 42.8 Å². The van der Waals surface area contributed by atoms with Crippen LogP contribution in [0.25, 0.3) is 0 Å². The molecule has 3 heterocycles. The van der Waals surface area contributed by atoms with E-state index in [2.05, 4.69) is 28.6 Å². The predicted molar refractivity (Wildman–Crippen MR) is 126 cm³/mol. The third kappa shape index (κ3) is 4.81. The van der Waals surface area contributed by atoms with Gasteiger partial charge >= 0.3 is 0 Å². The number of hydrogen-bond donors (Lipinski definition) is 2. The van der Waals surface area contributed by atoms with Crippen molar-refractivity contribution in [1.29, 1.82) is 0 Å². The Balaban J connectivity index is 1.78. The molecule has 4 aromatic rings. The van der Waals surface area contributed by atoms with E-state index < -0.39 is 0 Å². The Morgan fingerprint density at radius 2 is 1.97 bits per heavy atom. The average Bonchev–Trinajstić information content (AvgIpc) is 3.43. The molecule has 5 nitrogen and oxygen atoms in total. The van der Waals surface area contributed by atoms with Crippen LogP contribution in [-0.2, 0) is 6.42 Å². The fourth-order valence-electron chi connectivity index (χ4n) is 3.32. The van der Waals surface area contributed by atoms with E-state index in [0.717, 1.165) is 38.9 Å². The Morgan fingerprint density at radius 3 is 2.68 bits per heavy atom. The maximum Gasteiger partial charge on any atom is 0.291 e. The Hall–Kier alpha value is -3.09. The molecule has 0 bridgehead atoms. The first-order valence-electron chi connectivity index (χ1n) is 9.97. The molecule has 1 unspecified atom stereocenters. The second kappa shape index (κ2) is 9.37. The van der Waals surface area contributed by atoms with Crippen LogP contribution in [0.4, 0.5) is 10.8 Å². The van der Waals surface area contributed by atoms with Gasteiger partial charge in [-0.3, -0.25) is 4.79 Å². The number of benzene rings is 1. The molecule has 2 N–H and O–H groups in total. The minimum absolute atomic E-state index is 0.264. The first-order valence-corrected chi connectivity index (χ1v) is 11.2. The SMILES string of the molecule is CCc1cc(C(Nc2cccc(C)n2)c2ccccc2Cl)c(NC(=O)c2ccco2)s1. The molecule has 1 aromatic carbocycles. The molecule has 0 aliphatic rings. The van der Waals surface area contributed by atoms with Crippen LogP contribution in [0.1, 0.15) is 45.2 Å². The van der Waals surface area contributed by atoms with Crippen LogP contribution in [0, 0.1) is 6.92 Å². The number of amides is 1. The third-order valence-corrected chi connectivity index (χ3v) is 6.39. The molecule has 7 heteroatoms. The van der Waals surface area contributed by atoms with Crippen LogP contribution in [0.5, 0.6) is 0 Å². The number of nitrogens with one attached hydrogen (secondary N) is 2. The van der Waals surface area contributed by atoms with Gasteiger partial charge in [-0.05, 0) is 55.3 Å². The van der Waals surface area contributed by atoms with E-state index in [-0.39, 0.29) is 17.7 Å². The topological polar surface area (TPSA) is 67.2 Å². The van der Waals surface area contributed by atoms with Gasteiger partial charge in [0.2, 0.25) is 0 Å². The third-order valence-electron chi connectivity index (χ3n) is 4.84. The van der Waals surface area contributed by atoms with Crippen molar-refractivity contribution in [3.05, 3.63) is 99.4 Å². The van der Waals surface area contributed by atoms with Crippen molar-refractivity contribution in [3.63, 3.8) is 0 Å². The lowest BCUT2D eigenvalue weighted by molar-refractivity contribution is 0.0997. The van der Waals surface area contributed by atoms with Crippen molar-refractivity contribution in [2.45, 2.75) is 26.3 Å². The smallest absolute Gasteiger partial charge is 0.291 e. The highest BCUT2D eigenvalue weighted by atomic mass is 35.5. The molecule has 0 saturated heterocycles. The molecule has 0 spiro atoms. The van der Waals surface area contributed by atoms with E-state index >= 15 is 0 Å². The minimum Gasteiger partial charge on any atom is -0.459 e. The first-order chi connectivity index (χ1) is 15.0. The lowest BCUT2D eigenvalue weighted by Gasteiger charge is -2.22. The van der Waals surface area contributed by atoms with E-state index in [1.165, 1.54) is 6.26 Å². The molecule has 0 aliphatic carbocycles. The van der Waals surface area contributed by atoms with E-state index in [0.29, 0.717) is 5.02 Å². The second-order valence-corrected chi connectivity index (χ2v) is 8.59. The molecule has 1 atom stereocenters. The standard InChI is InChI=1S/C24H22ClN3O2S/c1-3-16-14-18(24(31-16)28-23(29)20-11-7-13-30-20)22(17-9-4-5-10-19(17)25)27-21-12-6-8-15(2)26-21/h4-14,22H,3H2,1-2H3,(H,26,27)(H,28,29). The molecule has 158 valence electrons. The maximum atomic E-state index is 12.7. The molecule has 0 saturated carbocycles. The summed E-state index contributed by atoms with van der Waals surface area (Å²) in [5.74, 6) is 0.708. The van der Waals surface area contributed by atoms with Gasteiger partial charge in [-0.15, -0.1) is 11.3 Å². The number of thiophene rings is 1. The number of furan rings is 1. The van der Waals surface area contributed by atoms with Crippen molar-refractivity contribution in [2.24, 2.45) is 0 Å². The van der Waals surface area contributed by atoms with Gasteiger partial charge in [-0.2, -0.15) is 0 Å². The molecule has 0 radical (unpaired) electrons. The summed E-state index contributed by atoms with van der Waals surface area (Å²) in [6, 6.07) is 18.7. The first kappa shape index (κ1) is 21.2. The number of aromatic nitrogens is 1. The zero-order chi connectivity index (χ0) is 21.8. The predicted octanol–water partition coefficient (Wildman–Crippen LogP) is 6.71. The molecule has 1 amide bonds. The molecular weight excluding hydrogens is 430 g/mol. The largest absolute Gasteiger partial charge is 0.459 e. The summed E-state index contributed by atoms with van der Waals surface area (Å²) in [5, 5.41) is 7.92. The number of nitrogens with zero attached hydrogens (tertiary/aromatic N) is 1. The van der Waals surface area contributed by atoms with Crippen molar-refractivity contribution < 1.29 is 9.21 Å². The Kier molecular flexibility index (Phi) is 6.39. The monoisotopic (exact) mass is 451 g/mol. The Bertz CT molecular complexity index is 1190. The molecule has 0 aliphatic heterocycles. The van der Waals surface area contributed by atoms with E-state index in [4.69, 9.17) is 16.0 Å². The van der Waals surface area contributed by atoms with Gasteiger partial charge in [0, 0.05) is 21.2 Å². The van der Waals surface area contributed by atoms with Crippen LogP contribution in [-0.4, -0.2) is 10.9 Å². The van der Waals surface area contributed by atoms with Gasteiger partial charge in [-0.25, -0.2) is 4.98 Å². The number of hydrogen-bond acceptors (Lipinski definition) is 5. The summed E-state index contributed by atoms with van der Waals surface area (Å²) in [6.07, 6.45) is 2.34. The molecule has 4 rings (SSSR count). The fraction of sp³-hybridized carbons (Fsp3) is 0.167. The average molecular weight is 452 g/mol. The number of halogens is 1. The van der Waals surface area contributed by atoms with Crippen LogP contribution < -0.4 is 10.6 Å². The normalized spacial score (nSPS) is 11.8. The van der Waals surface area contributed by atoms with Crippen LogP contribution in [0.15, 0.2) is 71.3 Å². The number of pyridine rings is 1. The highest BCUT2D eigenvalue weighted by Gasteiger charge is 2.24. The fourth-order valence-corrected chi connectivity index (χ4v) is 4.60. The lowest BCUT2D eigenvalue weighted by Crippen LogP contribution is -2.17. The number of rotatable bonds is 7. The zero-order valence-corrected chi connectivity index (χ0v) is 18.8. The van der Waals surface area contributed by atoms with Gasteiger partial charge in [0.25, 0.3) is 5.91 Å². The zero-order valence-electron chi connectivity index (χ0n) is 17.2. The summed E-state index contributed by atoms with van der Waals surface area (Å²) in [6.45, 7) is 4.04. The number of carbonyl (C=O) groups excluding carboxylic acids is 1. The Morgan fingerprint density at radius 1 is 1.13 bits per heavy atom. The second-order valence-electron chi connectivity index (χ2n) is 7.05. The van der Waals surface area contributed by atoms with Crippen molar-refractivity contribution in [3.8, 4) is 0 Å². The highest BCUT2D eigenvalue weighted by molar-refractivity contribution is 7.16. The summed E-state index contributed by atoms with van der Waals surface area (Å²) in [7, 11) is 0. The summed E-state index contributed by atoms with van der Waals surface area (Å²) in [5.41, 5.74) is 2.74. The van der Waals surface area contributed by atoms with E-state index in [1.807, 2.05) is 49.4 Å². The van der Waals surface area contributed by atoms with E-state index in [9.17, 15) is 4.79 Å². The number of anilines is 2. The van der Waals surface area contributed by atoms with Gasteiger partial charge < -0.3 is 15.1 Å².